The lowest BCUT2D eigenvalue weighted by Crippen LogP contribution is -2.13. The molecule has 0 aliphatic heterocycles. The normalized spacial score (nSPS) is 11.9. The third kappa shape index (κ3) is 6.61. The highest BCUT2D eigenvalue weighted by Crippen LogP contribution is 2.36. The van der Waals surface area contributed by atoms with E-state index >= 15 is 0 Å². The number of phenolic OH excluding ortho intramolecular Hbond substituents is 2. The molecule has 214 valence electrons. The summed E-state index contributed by atoms with van der Waals surface area (Å²) in [7, 11) is 0. The predicted molar refractivity (Wildman–Crippen MR) is 185 cm³/mol. The standard InChI is InChI=1S/C40H32N2O2/c1-29(33-7-3-2-4-8-33)41-42(35-22-14-30(15-23-35)11-12-31-16-24-36(43)25-17-31)40-28-21-34(38-9-5-6-10-39(38)40)20-13-32-18-26-37(44)27-19-32/h2-28,43-44H,1H3. The molecule has 0 aromatic heterocycles. The highest BCUT2D eigenvalue weighted by molar-refractivity contribution is 6.04. The van der Waals surface area contributed by atoms with Crippen molar-refractivity contribution in [1.82, 2.24) is 0 Å². The van der Waals surface area contributed by atoms with Gasteiger partial charge in [-0.1, -0.05) is 121 Å². The number of anilines is 2. The maximum atomic E-state index is 9.64. The Labute approximate surface area is 257 Å². The molecule has 0 fully saturated rings. The van der Waals surface area contributed by atoms with E-state index in [4.69, 9.17) is 5.10 Å². The Hall–Kier alpha value is -5.87. The first-order chi connectivity index (χ1) is 21.5. The van der Waals surface area contributed by atoms with Gasteiger partial charge in [0.1, 0.15) is 11.5 Å². The van der Waals surface area contributed by atoms with Crippen LogP contribution >= 0.6 is 0 Å². The van der Waals surface area contributed by atoms with E-state index in [9.17, 15) is 10.2 Å². The van der Waals surface area contributed by atoms with E-state index in [-0.39, 0.29) is 11.5 Å². The highest BCUT2D eigenvalue weighted by Gasteiger charge is 2.15. The number of rotatable bonds is 8. The van der Waals surface area contributed by atoms with Gasteiger partial charge >= 0.3 is 0 Å². The van der Waals surface area contributed by atoms with E-state index in [1.165, 1.54) is 0 Å². The van der Waals surface area contributed by atoms with E-state index in [2.05, 4.69) is 91.0 Å². The fourth-order valence-electron chi connectivity index (χ4n) is 5.05. The summed E-state index contributed by atoms with van der Waals surface area (Å²) in [4.78, 5) is 0. The Kier molecular flexibility index (Phi) is 8.33. The summed E-state index contributed by atoms with van der Waals surface area (Å²) in [6.45, 7) is 2.04. The lowest BCUT2D eigenvalue weighted by Gasteiger charge is -2.23. The fourth-order valence-corrected chi connectivity index (χ4v) is 5.05. The molecule has 2 N–H and O–H groups in total. The Morgan fingerprint density at radius 2 is 1.02 bits per heavy atom. The minimum Gasteiger partial charge on any atom is -0.508 e. The lowest BCUT2D eigenvalue weighted by molar-refractivity contribution is 0.474. The first-order valence-electron chi connectivity index (χ1n) is 14.5. The largest absolute Gasteiger partial charge is 0.508 e. The predicted octanol–water partition coefficient (Wildman–Crippen LogP) is 10.2. The maximum absolute atomic E-state index is 9.64. The minimum absolute atomic E-state index is 0.254. The lowest BCUT2D eigenvalue weighted by atomic mass is 10.0. The van der Waals surface area contributed by atoms with Gasteiger partial charge < -0.3 is 10.2 Å². The monoisotopic (exact) mass is 572 g/mol. The molecule has 0 saturated heterocycles. The van der Waals surface area contributed by atoms with Crippen molar-refractivity contribution in [2.24, 2.45) is 5.10 Å². The molecular weight excluding hydrogens is 540 g/mol. The molecule has 0 saturated carbocycles. The molecule has 0 atom stereocenters. The summed E-state index contributed by atoms with van der Waals surface area (Å²) in [6, 6.07) is 45.5. The van der Waals surface area contributed by atoms with Gasteiger partial charge in [-0.25, -0.2) is 5.01 Å². The van der Waals surface area contributed by atoms with Crippen LogP contribution in [0.2, 0.25) is 0 Å². The summed E-state index contributed by atoms with van der Waals surface area (Å²) in [5.41, 5.74) is 8.07. The summed E-state index contributed by atoms with van der Waals surface area (Å²) in [6.07, 6.45) is 8.25. The van der Waals surface area contributed by atoms with Gasteiger partial charge in [0.05, 0.1) is 17.1 Å². The van der Waals surface area contributed by atoms with Crippen LogP contribution in [-0.4, -0.2) is 15.9 Å². The Bertz CT molecular complexity index is 1960. The number of nitrogens with zero attached hydrogens (tertiary/aromatic N) is 2. The van der Waals surface area contributed by atoms with Crippen LogP contribution in [0.15, 0.2) is 145 Å². The summed E-state index contributed by atoms with van der Waals surface area (Å²) in [5, 5.41) is 28.6. The van der Waals surface area contributed by atoms with Crippen LogP contribution in [0.25, 0.3) is 35.1 Å². The average molecular weight is 573 g/mol. The molecule has 4 nitrogen and oxygen atoms in total. The number of hydrazone groups is 1. The van der Waals surface area contributed by atoms with E-state index in [1.54, 1.807) is 24.3 Å². The molecule has 0 bridgehead atoms. The molecule has 6 aromatic carbocycles. The number of fused-ring (bicyclic) bond motifs is 1. The molecule has 4 heteroatoms. The van der Waals surface area contributed by atoms with Gasteiger partial charge in [-0.15, -0.1) is 0 Å². The number of hydrogen-bond donors (Lipinski definition) is 2. The van der Waals surface area contributed by atoms with Crippen molar-refractivity contribution in [3.05, 3.63) is 167 Å². The van der Waals surface area contributed by atoms with E-state index in [0.717, 1.165) is 55.7 Å². The van der Waals surface area contributed by atoms with Gasteiger partial charge in [-0.3, -0.25) is 0 Å². The van der Waals surface area contributed by atoms with E-state index in [1.807, 2.05) is 60.5 Å². The molecule has 0 amide bonds. The van der Waals surface area contributed by atoms with Crippen LogP contribution in [0.5, 0.6) is 11.5 Å². The van der Waals surface area contributed by atoms with Crippen molar-refractivity contribution in [1.29, 1.82) is 0 Å². The third-order valence-corrected chi connectivity index (χ3v) is 7.45. The Balaban J connectivity index is 1.40. The number of phenols is 2. The van der Waals surface area contributed by atoms with Crippen molar-refractivity contribution in [3.8, 4) is 11.5 Å². The second kappa shape index (κ2) is 13.0. The van der Waals surface area contributed by atoms with E-state index < -0.39 is 0 Å². The molecule has 44 heavy (non-hydrogen) atoms. The molecule has 0 radical (unpaired) electrons. The summed E-state index contributed by atoms with van der Waals surface area (Å²) in [5.74, 6) is 0.511. The van der Waals surface area contributed by atoms with Crippen molar-refractivity contribution in [2.45, 2.75) is 6.92 Å². The quantitative estimate of drug-likeness (QED) is 0.108. The third-order valence-electron chi connectivity index (χ3n) is 7.45. The van der Waals surface area contributed by atoms with Gasteiger partial charge in [0, 0.05) is 5.39 Å². The molecule has 6 rings (SSSR count). The van der Waals surface area contributed by atoms with Gasteiger partial charge in [-0.2, -0.15) is 5.10 Å². The van der Waals surface area contributed by atoms with Gasteiger partial charge in [0.25, 0.3) is 0 Å². The maximum Gasteiger partial charge on any atom is 0.115 e. The van der Waals surface area contributed by atoms with Crippen molar-refractivity contribution >= 4 is 52.2 Å². The SMILES string of the molecule is CC(=NN(c1ccc(C=Cc2ccc(O)cc2)cc1)c1ccc(C=Cc2ccc(O)cc2)c2ccccc12)c1ccccc1. The second-order valence-corrected chi connectivity index (χ2v) is 10.5. The smallest absolute Gasteiger partial charge is 0.115 e. The zero-order valence-electron chi connectivity index (χ0n) is 24.4. The van der Waals surface area contributed by atoms with Crippen LogP contribution in [0, 0.1) is 0 Å². The summed E-state index contributed by atoms with van der Waals surface area (Å²) >= 11 is 0. The van der Waals surface area contributed by atoms with Crippen molar-refractivity contribution < 1.29 is 10.2 Å². The molecule has 0 spiro atoms. The zero-order valence-corrected chi connectivity index (χ0v) is 24.4. The summed E-state index contributed by atoms with van der Waals surface area (Å²) < 4.78 is 0. The minimum atomic E-state index is 0.254. The average Bonchev–Trinajstić information content (AvgIpc) is 3.07. The molecular formula is C40H32N2O2. The fraction of sp³-hybridized carbons (Fsp3) is 0.0250. The number of aromatic hydroxyl groups is 2. The van der Waals surface area contributed by atoms with Gasteiger partial charge in [0.15, 0.2) is 0 Å². The molecule has 6 aromatic rings. The van der Waals surface area contributed by atoms with Crippen LogP contribution in [0.3, 0.4) is 0 Å². The first-order valence-corrected chi connectivity index (χ1v) is 14.5. The number of hydrogen-bond acceptors (Lipinski definition) is 4. The number of benzene rings is 6. The first kappa shape index (κ1) is 28.3. The van der Waals surface area contributed by atoms with Crippen molar-refractivity contribution in [3.63, 3.8) is 0 Å². The molecule has 0 heterocycles. The molecule has 0 unspecified atom stereocenters. The zero-order chi connectivity index (χ0) is 30.3. The van der Waals surface area contributed by atoms with Gasteiger partial charge in [0.2, 0.25) is 0 Å². The molecule has 0 aliphatic rings. The topological polar surface area (TPSA) is 56.1 Å². The van der Waals surface area contributed by atoms with Crippen LogP contribution < -0.4 is 5.01 Å². The Morgan fingerprint density at radius 3 is 1.61 bits per heavy atom. The molecule has 0 aliphatic carbocycles. The van der Waals surface area contributed by atoms with Crippen molar-refractivity contribution in [2.75, 3.05) is 5.01 Å². The van der Waals surface area contributed by atoms with E-state index in [0.29, 0.717) is 0 Å². The van der Waals surface area contributed by atoms with Crippen LogP contribution in [-0.2, 0) is 0 Å². The van der Waals surface area contributed by atoms with Gasteiger partial charge in [-0.05, 0) is 82.6 Å². The van der Waals surface area contributed by atoms with Crippen LogP contribution in [0.4, 0.5) is 11.4 Å². The second-order valence-electron chi connectivity index (χ2n) is 10.5. The van der Waals surface area contributed by atoms with Crippen LogP contribution in [0.1, 0.15) is 34.7 Å². The Morgan fingerprint density at radius 1 is 0.523 bits per heavy atom. The highest BCUT2D eigenvalue weighted by atomic mass is 16.3.